The van der Waals surface area contributed by atoms with Crippen LogP contribution in [0.2, 0.25) is 0 Å². The average molecular weight is 221 g/mol. The molecule has 1 unspecified atom stereocenters. The van der Waals surface area contributed by atoms with Gasteiger partial charge in [-0.1, -0.05) is 24.3 Å². The van der Waals surface area contributed by atoms with Crippen molar-refractivity contribution in [3.63, 3.8) is 0 Å². The molecule has 88 valence electrons. The largest absolute Gasteiger partial charge is 0.466 e. The lowest BCUT2D eigenvalue weighted by atomic mass is 10.00. The molecule has 0 aliphatic rings. The lowest BCUT2D eigenvalue weighted by molar-refractivity contribution is -0.144. The fourth-order valence-electron chi connectivity index (χ4n) is 1.53. The predicted octanol–water partition coefficient (Wildman–Crippen LogP) is 2.07. The molecule has 0 radical (unpaired) electrons. The Morgan fingerprint density at radius 1 is 1.38 bits per heavy atom. The summed E-state index contributed by atoms with van der Waals surface area (Å²) >= 11 is 0. The van der Waals surface area contributed by atoms with Gasteiger partial charge in [-0.2, -0.15) is 0 Å². The molecule has 1 rings (SSSR count). The maximum absolute atomic E-state index is 11.5. The molecule has 3 heteroatoms. The number of hydrogen-bond acceptors (Lipinski definition) is 3. The zero-order chi connectivity index (χ0) is 12.0. The standard InChI is InChI=1S/C13H19NO2/c1-4-16-13(15)10(2)12-7-5-11(6-8-12)9-14-3/h5-8,10,14H,4,9H2,1-3H3. The zero-order valence-electron chi connectivity index (χ0n) is 10.1. The number of carbonyl (C=O) groups is 1. The summed E-state index contributed by atoms with van der Waals surface area (Å²) in [5.74, 6) is -0.354. The Bertz CT molecular complexity index is 332. The van der Waals surface area contributed by atoms with E-state index in [9.17, 15) is 4.79 Å². The van der Waals surface area contributed by atoms with Crippen molar-refractivity contribution < 1.29 is 9.53 Å². The number of carbonyl (C=O) groups excluding carboxylic acids is 1. The summed E-state index contributed by atoms with van der Waals surface area (Å²) < 4.78 is 4.98. The number of esters is 1. The quantitative estimate of drug-likeness (QED) is 0.774. The minimum atomic E-state index is -0.191. The van der Waals surface area contributed by atoms with E-state index < -0.39 is 0 Å². The first-order valence-electron chi connectivity index (χ1n) is 5.59. The van der Waals surface area contributed by atoms with E-state index in [1.165, 1.54) is 5.56 Å². The first-order chi connectivity index (χ1) is 7.69. The number of hydrogen-bond donors (Lipinski definition) is 1. The van der Waals surface area contributed by atoms with Gasteiger partial charge in [-0.3, -0.25) is 4.79 Å². The Balaban J connectivity index is 2.69. The highest BCUT2D eigenvalue weighted by Crippen LogP contribution is 2.17. The van der Waals surface area contributed by atoms with E-state index >= 15 is 0 Å². The number of rotatable bonds is 5. The monoisotopic (exact) mass is 221 g/mol. The third-order valence-corrected chi connectivity index (χ3v) is 2.50. The van der Waals surface area contributed by atoms with Crippen molar-refractivity contribution in [1.82, 2.24) is 5.32 Å². The molecule has 0 bridgehead atoms. The van der Waals surface area contributed by atoms with E-state index in [1.54, 1.807) is 0 Å². The average Bonchev–Trinajstić information content (AvgIpc) is 2.30. The molecule has 0 amide bonds. The van der Waals surface area contributed by atoms with E-state index in [0.717, 1.165) is 12.1 Å². The highest BCUT2D eigenvalue weighted by molar-refractivity contribution is 5.77. The minimum absolute atomic E-state index is 0.163. The van der Waals surface area contributed by atoms with Gasteiger partial charge in [0.15, 0.2) is 0 Å². The van der Waals surface area contributed by atoms with Gasteiger partial charge in [0.2, 0.25) is 0 Å². The Morgan fingerprint density at radius 3 is 2.50 bits per heavy atom. The van der Waals surface area contributed by atoms with Crippen LogP contribution in [0.5, 0.6) is 0 Å². The van der Waals surface area contributed by atoms with Crippen molar-refractivity contribution in [3.8, 4) is 0 Å². The number of nitrogens with one attached hydrogen (secondary N) is 1. The summed E-state index contributed by atoms with van der Waals surface area (Å²) in [7, 11) is 1.91. The lowest BCUT2D eigenvalue weighted by Crippen LogP contribution is -2.13. The summed E-state index contributed by atoms with van der Waals surface area (Å²) in [6.45, 7) is 4.96. The van der Waals surface area contributed by atoms with Crippen LogP contribution in [0.4, 0.5) is 0 Å². The zero-order valence-corrected chi connectivity index (χ0v) is 10.1. The summed E-state index contributed by atoms with van der Waals surface area (Å²) in [5, 5.41) is 3.08. The maximum Gasteiger partial charge on any atom is 0.313 e. The molecule has 1 N–H and O–H groups in total. The molecule has 0 fully saturated rings. The van der Waals surface area contributed by atoms with Gasteiger partial charge >= 0.3 is 5.97 Å². The Morgan fingerprint density at radius 2 is 2.00 bits per heavy atom. The smallest absolute Gasteiger partial charge is 0.313 e. The molecule has 0 saturated carbocycles. The number of ether oxygens (including phenoxy) is 1. The number of benzene rings is 1. The molecule has 0 aromatic heterocycles. The van der Waals surface area contributed by atoms with Gasteiger partial charge in [0.05, 0.1) is 12.5 Å². The van der Waals surface area contributed by atoms with Crippen LogP contribution in [0.15, 0.2) is 24.3 Å². The third kappa shape index (κ3) is 3.35. The normalized spacial score (nSPS) is 12.2. The van der Waals surface area contributed by atoms with Gasteiger partial charge in [0.25, 0.3) is 0 Å². The van der Waals surface area contributed by atoms with E-state index in [-0.39, 0.29) is 11.9 Å². The van der Waals surface area contributed by atoms with Gasteiger partial charge in [0.1, 0.15) is 0 Å². The molecule has 0 saturated heterocycles. The van der Waals surface area contributed by atoms with Crippen LogP contribution in [-0.2, 0) is 16.1 Å². The molecule has 0 aliphatic heterocycles. The highest BCUT2D eigenvalue weighted by Gasteiger charge is 2.15. The summed E-state index contributed by atoms with van der Waals surface area (Å²) in [4.78, 5) is 11.5. The van der Waals surface area contributed by atoms with Crippen molar-refractivity contribution in [1.29, 1.82) is 0 Å². The fourth-order valence-corrected chi connectivity index (χ4v) is 1.53. The summed E-state index contributed by atoms with van der Waals surface area (Å²) in [6, 6.07) is 8.02. The molecule has 1 atom stereocenters. The topological polar surface area (TPSA) is 38.3 Å². The second-order valence-electron chi connectivity index (χ2n) is 3.75. The molecule has 16 heavy (non-hydrogen) atoms. The predicted molar refractivity (Wildman–Crippen MR) is 64.3 cm³/mol. The van der Waals surface area contributed by atoms with Crippen molar-refractivity contribution in [3.05, 3.63) is 35.4 Å². The van der Waals surface area contributed by atoms with E-state index in [4.69, 9.17) is 4.74 Å². The van der Waals surface area contributed by atoms with Gasteiger partial charge in [0, 0.05) is 6.54 Å². The van der Waals surface area contributed by atoms with Crippen LogP contribution in [0, 0.1) is 0 Å². The van der Waals surface area contributed by atoms with Crippen molar-refractivity contribution in [2.24, 2.45) is 0 Å². The van der Waals surface area contributed by atoms with Crippen LogP contribution in [-0.4, -0.2) is 19.6 Å². The molecule has 0 heterocycles. The Labute approximate surface area is 96.8 Å². The van der Waals surface area contributed by atoms with E-state index in [1.807, 2.05) is 45.2 Å². The highest BCUT2D eigenvalue weighted by atomic mass is 16.5. The van der Waals surface area contributed by atoms with Gasteiger partial charge in [-0.15, -0.1) is 0 Å². The van der Waals surface area contributed by atoms with Gasteiger partial charge in [-0.05, 0) is 32.0 Å². The second-order valence-corrected chi connectivity index (χ2v) is 3.75. The molecule has 1 aromatic rings. The second kappa shape index (κ2) is 6.28. The van der Waals surface area contributed by atoms with E-state index in [0.29, 0.717) is 6.61 Å². The van der Waals surface area contributed by atoms with Crippen molar-refractivity contribution in [2.45, 2.75) is 26.3 Å². The minimum Gasteiger partial charge on any atom is -0.466 e. The Hall–Kier alpha value is -1.35. The summed E-state index contributed by atoms with van der Waals surface area (Å²) in [5.41, 5.74) is 2.21. The van der Waals surface area contributed by atoms with Gasteiger partial charge in [-0.25, -0.2) is 0 Å². The van der Waals surface area contributed by atoms with Crippen LogP contribution in [0.25, 0.3) is 0 Å². The third-order valence-electron chi connectivity index (χ3n) is 2.50. The van der Waals surface area contributed by atoms with Gasteiger partial charge < -0.3 is 10.1 Å². The first-order valence-corrected chi connectivity index (χ1v) is 5.59. The molecule has 0 spiro atoms. The van der Waals surface area contributed by atoms with Crippen LogP contribution < -0.4 is 5.32 Å². The molecule has 0 aliphatic carbocycles. The molecule has 1 aromatic carbocycles. The van der Waals surface area contributed by atoms with Crippen LogP contribution >= 0.6 is 0 Å². The fraction of sp³-hybridized carbons (Fsp3) is 0.462. The van der Waals surface area contributed by atoms with Crippen LogP contribution in [0.1, 0.15) is 30.9 Å². The van der Waals surface area contributed by atoms with Crippen LogP contribution in [0.3, 0.4) is 0 Å². The SMILES string of the molecule is CCOC(=O)C(C)c1ccc(CNC)cc1. The molecular weight excluding hydrogens is 202 g/mol. The van der Waals surface area contributed by atoms with Crippen molar-refractivity contribution >= 4 is 5.97 Å². The first kappa shape index (κ1) is 12.7. The maximum atomic E-state index is 11.5. The van der Waals surface area contributed by atoms with Crippen molar-refractivity contribution in [2.75, 3.05) is 13.7 Å². The van der Waals surface area contributed by atoms with E-state index in [2.05, 4.69) is 5.32 Å². The summed E-state index contributed by atoms with van der Waals surface area (Å²) in [6.07, 6.45) is 0. The molecular formula is C13H19NO2. The molecule has 3 nitrogen and oxygen atoms in total. The Kier molecular flexibility index (Phi) is 4.99. The lowest BCUT2D eigenvalue weighted by Gasteiger charge is -2.11.